The molecule has 0 aromatic carbocycles. The molecule has 0 aliphatic carbocycles. The molecule has 102 valence electrons. The van der Waals surface area contributed by atoms with Crippen molar-refractivity contribution in [3.63, 3.8) is 0 Å². The Bertz CT molecular complexity index is 447. The highest BCUT2D eigenvalue weighted by atomic mass is 35.5. The summed E-state index contributed by atoms with van der Waals surface area (Å²) in [5.74, 6) is 0.00473. The lowest BCUT2D eigenvalue weighted by Gasteiger charge is -2.23. The molecule has 1 aliphatic heterocycles. The summed E-state index contributed by atoms with van der Waals surface area (Å²) in [4.78, 5) is 3.91. The van der Waals surface area contributed by atoms with Crippen molar-refractivity contribution in [1.82, 2.24) is 15.0 Å². The fraction of sp³-hybridized carbons (Fsp3) is 0.545. The summed E-state index contributed by atoms with van der Waals surface area (Å²) >= 11 is 0. The highest BCUT2D eigenvalue weighted by Gasteiger charge is 2.20. The Morgan fingerprint density at radius 2 is 2.11 bits per heavy atom. The van der Waals surface area contributed by atoms with Gasteiger partial charge in [0.2, 0.25) is 10.0 Å². The molecule has 2 N–H and O–H groups in total. The van der Waals surface area contributed by atoms with E-state index in [-0.39, 0.29) is 24.2 Å². The lowest BCUT2D eigenvalue weighted by Crippen LogP contribution is -2.43. The van der Waals surface area contributed by atoms with Gasteiger partial charge in [0, 0.05) is 18.4 Å². The Hall–Kier alpha value is -0.690. The zero-order chi connectivity index (χ0) is 12.1. The number of hydrogen-bond acceptors (Lipinski definition) is 4. The third kappa shape index (κ3) is 4.89. The zero-order valence-corrected chi connectivity index (χ0v) is 11.6. The highest BCUT2D eigenvalue weighted by Crippen LogP contribution is 2.07. The smallest absolute Gasteiger partial charge is 0.216 e. The Balaban J connectivity index is 0.00000162. The number of sulfonamides is 1. The van der Waals surface area contributed by atoms with Gasteiger partial charge in [0.15, 0.2) is 0 Å². The molecule has 5 nitrogen and oxygen atoms in total. The molecule has 7 heteroatoms. The summed E-state index contributed by atoms with van der Waals surface area (Å²) in [6, 6.07) is 3.59. The first-order valence-corrected chi connectivity index (χ1v) is 7.40. The van der Waals surface area contributed by atoms with Crippen LogP contribution in [0.15, 0.2) is 24.5 Å². The van der Waals surface area contributed by atoms with Crippen LogP contribution in [0.1, 0.15) is 18.4 Å². The van der Waals surface area contributed by atoms with Crippen LogP contribution in [0.5, 0.6) is 0 Å². The monoisotopic (exact) mass is 291 g/mol. The molecule has 0 radical (unpaired) electrons. The number of halogens is 1. The van der Waals surface area contributed by atoms with Crippen molar-refractivity contribution in [3.8, 4) is 0 Å². The Morgan fingerprint density at radius 3 is 2.72 bits per heavy atom. The molecule has 1 saturated heterocycles. The molecular formula is C11H18ClN3O2S. The van der Waals surface area contributed by atoms with Gasteiger partial charge in [-0.1, -0.05) is 6.07 Å². The van der Waals surface area contributed by atoms with Crippen LogP contribution < -0.4 is 10.0 Å². The molecule has 1 aromatic rings. The summed E-state index contributed by atoms with van der Waals surface area (Å²) in [6.07, 6.45) is 4.93. The van der Waals surface area contributed by atoms with Crippen LogP contribution >= 0.6 is 12.4 Å². The topological polar surface area (TPSA) is 71.1 Å². The maximum Gasteiger partial charge on any atom is 0.216 e. The first-order chi connectivity index (χ1) is 8.16. The van der Waals surface area contributed by atoms with Crippen LogP contribution in [0.25, 0.3) is 0 Å². The van der Waals surface area contributed by atoms with Crippen molar-refractivity contribution in [2.45, 2.75) is 24.6 Å². The minimum atomic E-state index is -3.25. The molecule has 2 heterocycles. The van der Waals surface area contributed by atoms with Gasteiger partial charge in [0.1, 0.15) is 0 Å². The molecule has 1 fully saturated rings. The van der Waals surface area contributed by atoms with Gasteiger partial charge < -0.3 is 5.32 Å². The second kappa shape index (κ2) is 7.04. The summed E-state index contributed by atoms with van der Waals surface area (Å²) in [7, 11) is -3.25. The van der Waals surface area contributed by atoms with Gasteiger partial charge >= 0.3 is 0 Å². The van der Waals surface area contributed by atoms with E-state index in [1.807, 2.05) is 0 Å². The van der Waals surface area contributed by atoms with Crippen molar-refractivity contribution in [2.24, 2.45) is 0 Å². The molecule has 2 rings (SSSR count). The molecule has 0 unspecified atom stereocenters. The predicted molar refractivity (Wildman–Crippen MR) is 73.1 cm³/mol. The van der Waals surface area contributed by atoms with Crippen LogP contribution in [-0.2, 0) is 15.8 Å². The molecule has 0 bridgehead atoms. The quantitative estimate of drug-likeness (QED) is 0.856. The van der Waals surface area contributed by atoms with Crippen molar-refractivity contribution < 1.29 is 8.42 Å². The molecule has 1 aliphatic rings. The minimum Gasteiger partial charge on any atom is -0.317 e. The number of hydrogen-bond donors (Lipinski definition) is 2. The fourth-order valence-electron chi connectivity index (χ4n) is 1.94. The van der Waals surface area contributed by atoms with Crippen molar-refractivity contribution in [2.75, 3.05) is 13.1 Å². The van der Waals surface area contributed by atoms with E-state index in [9.17, 15) is 8.42 Å². The summed E-state index contributed by atoms with van der Waals surface area (Å²) in [5, 5.41) is 3.21. The van der Waals surface area contributed by atoms with E-state index in [2.05, 4.69) is 15.0 Å². The Kier molecular flexibility index (Phi) is 6.01. The molecule has 0 amide bonds. The van der Waals surface area contributed by atoms with Gasteiger partial charge in [0.25, 0.3) is 0 Å². The maximum atomic E-state index is 11.9. The highest BCUT2D eigenvalue weighted by molar-refractivity contribution is 7.88. The molecular weight excluding hydrogens is 274 g/mol. The zero-order valence-electron chi connectivity index (χ0n) is 10.0. The second-order valence-corrected chi connectivity index (χ2v) is 6.02. The van der Waals surface area contributed by atoms with E-state index in [0.717, 1.165) is 25.9 Å². The molecule has 0 spiro atoms. The normalized spacial score (nSPS) is 17.1. The van der Waals surface area contributed by atoms with E-state index in [1.54, 1.807) is 24.5 Å². The van der Waals surface area contributed by atoms with Crippen LogP contribution in [0.3, 0.4) is 0 Å². The first-order valence-electron chi connectivity index (χ1n) is 5.75. The number of nitrogens with zero attached hydrogens (tertiary/aromatic N) is 1. The van der Waals surface area contributed by atoms with Crippen LogP contribution in [0.2, 0.25) is 0 Å². The van der Waals surface area contributed by atoms with Crippen LogP contribution in [0, 0.1) is 0 Å². The van der Waals surface area contributed by atoms with Crippen molar-refractivity contribution in [1.29, 1.82) is 0 Å². The SMILES string of the molecule is Cl.O=S(=O)(Cc1cccnc1)NC1CCNCC1. The van der Waals surface area contributed by atoms with Gasteiger partial charge in [-0.2, -0.15) is 0 Å². The van der Waals surface area contributed by atoms with Gasteiger partial charge in [-0.05, 0) is 37.6 Å². The predicted octanol–water partition coefficient (Wildman–Crippen LogP) is 0.675. The van der Waals surface area contributed by atoms with Crippen LogP contribution in [0.4, 0.5) is 0 Å². The number of piperidine rings is 1. The standard InChI is InChI=1S/C11H17N3O2S.ClH/c15-17(16,9-10-2-1-5-13-8-10)14-11-3-6-12-7-4-11;/h1-2,5,8,11-12,14H,3-4,6-7,9H2;1H. The Morgan fingerprint density at radius 1 is 1.39 bits per heavy atom. The average molecular weight is 292 g/mol. The average Bonchev–Trinajstić information content (AvgIpc) is 2.30. The number of nitrogens with one attached hydrogen (secondary N) is 2. The van der Waals surface area contributed by atoms with Gasteiger partial charge in [-0.3, -0.25) is 4.98 Å². The number of pyridine rings is 1. The second-order valence-electron chi connectivity index (χ2n) is 4.26. The summed E-state index contributed by atoms with van der Waals surface area (Å²) < 4.78 is 26.6. The maximum absolute atomic E-state index is 11.9. The Labute approximate surface area is 114 Å². The number of rotatable bonds is 4. The van der Waals surface area contributed by atoms with Crippen molar-refractivity contribution >= 4 is 22.4 Å². The molecule has 0 saturated carbocycles. The van der Waals surface area contributed by atoms with E-state index in [0.29, 0.717) is 5.56 Å². The summed E-state index contributed by atoms with van der Waals surface area (Å²) in [6.45, 7) is 1.75. The van der Waals surface area contributed by atoms with Gasteiger partial charge in [-0.15, -0.1) is 12.4 Å². The lowest BCUT2D eigenvalue weighted by molar-refractivity contribution is 0.427. The third-order valence-corrected chi connectivity index (χ3v) is 4.17. The lowest BCUT2D eigenvalue weighted by atomic mass is 10.1. The van der Waals surface area contributed by atoms with Gasteiger partial charge in [-0.25, -0.2) is 13.1 Å². The van der Waals surface area contributed by atoms with Gasteiger partial charge in [0.05, 0.1) is 5.75 Å². The van der Waals surface area contributed by atoms with Crippen LogP contribution in [-0.4, -0.2) is 32.5 Å². The minimum absolute atomic E-state index is 0. The largest absolute Gasteiger partial charge is 0.317 e. The molecule has 18 heavy (non-hydrogen) atoms. The fourth-order valence-corrected chi connectivity index (χ4v) is 3.37. The molecule has 1 aromatic heterocycles. The van der Waals surface area contributed by atoms with E-state index in [1.165, 1.54) is 0 Å². The first kappa shape index (κ1) is 15.4. The van der Waals surface area contributed by atoms with E-state index in [4.69, 9.17) is 0 Å². The van der Waals surface area contributed by atoms with E-state index >= 15 is 0 Å². The number of aromatic nitrogens is 1. The summed E-state index contributed by atoms with van der Waals surface area (Å²) in [5.41, 5.74) is 0.717. The third-order valence-electron chi connectivity index (χ3n) is 2.76. The van der Waals surface area contributed by atoms with Crippen molar-refractivity contribution in [3.05, 3.63) is 30.1 Å². The molecule has 0 atom stereocenters. The van der Waals surface area contributed by atoms with E-state index < -0.39 is 10.0 Å².